The number of carbonyl (C=O) groups excluding carboxylic acids is 1. The van der Waals surface area contributed by atoms with Crippen molar-refractivity contribution in [3.63, 3.8) is 0 Å². The molecule has 2 heterocycles. The zero-order valence-electron chi connectivity index (χ0n) is 12.4. The van der Waals surface area contributed by atoms with Gasteiger partial charge in [0.05, 0.1) is 6.20 Å². The minimum atomic E-state index is -0.0353. The van der Waals surface area contributed by atoms with Crippen LogP contribution in [0.25, 0.3) is 0 Å². The lowest BCUT2D eigenvalue weighted by Gasteiger charge is -2.34. The minimum absolute atomic E-state index is 0.0353. The molecule has 1 fully saturated rings. The Bertz CT molecular complexity index is 440. The second-order valence-corrected chi connectivity index (χ2v) is 5.42. The number of aromatic nitrogens is 3. The zero-order valence-corrected chi connectivity index (χ0v) is 12.4. The molecule has 1 amide bonds. The number of likely N-dealkylation sites (N-methyl/N-ethyl adjacent to an activating group) is 1. The molecule has 0 spiro atoms. The van der Waals surface area contributed by atoms with E-state index < -0.39 is 0 Å². The van der Waals surface area contributed by atoms with E-state index >= 15 is 0 Å². The monoisotopic (exact) mass is 281 g/mol. The van der Waals surface area contributed by atoms with Gasteiger partial charge in [0.15, 0.2) is 5.69 Å². The molecule has 1 aromatic heterocycles. The van der Waals surface area contributed by atoms with Crippen LogP contribution in [0.5, 0.6) is 0 Å². The maximum atomic E-state index is 12.6. The zero-order chi connectivity index (χ0) is 14.5. The minimum Gasteiger partial charge on any atom is -0.381 e. The van der Waals surface area contributed by atoms with Crippen molar-refractivity contribution >= 4 is 5.91 Å². The number of hydrogen-bond acceptors (Lipinski definition) is 5. The van der Waals surface area contributed by atoms with Gasteiger partial charge in [-0.15, -0.1) is 5.10 Å². The van der Waals surface area contributed by atoms with Gasteiger partial charge in [-0.25, -0.2) is 0 Å². The first kappa shape index (κ1) is 14.9. The lowest BCUT2D eigenvalue weighted by atomic mass is 10.1. The van der Waals surface area contributed by atoms with E-state index in [0.717, 1.165) is 32.6 Å². The van der Waals surface area contributed by atoms with Crippen molar-refractivity contribution in [1.82, 2.24) is 24.8 Å². The van der Waals surface area contributed by atoms with Crippen LogP contribution in [0.15, 0.2) is 6.20 Å². The van der Waals surface area contributed by atoms with Crippen LogP contribution in [-0.2, 0) is 11.8 Å². The van der Waals surface area contributed by atoms with Crippen LogP contribution in [0.4, 0.5) is 0 Å². The summed E-state index contributed by atoms with van der Waals surface area (Å²) in [6.07, 6.45) is 3.45. The third kappa shape index (κ3) is 3.77. The Labute approximate surface area is 119 Å². The van der Waals surface area contributed by atoms with Gasteiger partial charge >= 0.3 is 0 Å². The van der Waals surface area contributed by atoms with Crippen molar-refractivity contribution in [3.05, 3.63) is 11.9 Å². The normalized spacial score (nSPS) is 16.6. The van der Waals surface area contributed by atoms with E-state index in [-0.39, 0.29) is 11.9 Å². The molecule has 0 aliphatic carbocycles. The highest BCUT2D eigenvalue weighted by atomic mass is 16.5. The molecule has 0 unspecified atom stereocenters. The fourth-order valence-electron chi connectivity index (χ4n) is 2.35. The number of aryl methyl sites for hydroxylation is 1. The standard InChI is InChI=1S/C13H23N5O2/c1-16(2)6-7-18(11-4-8-20-9-5-11)13(19)12-10-17(3)15-14-12/h10-11H,4-9H2,1-3H3. The van der Waals surface area contributed by atoms with E-state index in [4.69, 9.17) is 4.74 Å². The summed E-state index contributed by atoms with van der Waals surface area (Å²) in [6.45, 7) is 2.98. The molecular formula is C13H23N5O2. The quantitative estimate of drug-likeness (QED) is 0.760. The van der Waals surface area contributed by atoms with Crippen molar-refractivity contribution in [1.29, 1.82) is 0 Å². The molecule has 0 radical (unpaired) electrons. The maximum Gasteiger partial charge on any atom is 0.276 e. The van der Waals surface area contributed by atoms with Crippen molar-refractivity contribution < 1.29 is 9.53 Å². The van der Waals surface area contributed by atoms with E-state index in [1.807, 2.05) is 19.0 Å². The number of amides is 1. The van der Waals surface area contributed by atoms with E-state index in [9.17, 15) is 4.79 Å². The summed E-state index contributed by atoms with van der Waals surface area (Å²) in [6, 6.07) is 0.234. The number of rotatable bonds is 5. The van der Waals surface area contributed by atoms with Gasteiger partial charge in [-0.2, -0.15) is 0 Å². The van der Waals surface area contributed by atoms with Crippen molar-refractivity contribution in [2.24, 2.45) is 7.05 Å². The lowest BCUT2D eigenvalue weighted by Crippen LogP contribution is -2.46. The Hall–Kier alpha value is -1.47. The smallest absolute Gasteiger partial charge is 0.276 e. The largest absolute Gasteiger partial charge is 0.381 e. The van der Waals surface area contributed by atoms with Crippen LogP contribution in [0.3, 0.4) is 0 Å². The molecule has 2 rings (SSSR count). The number of carbonyl (C=O) groups is 1. The first-order chi connectivity index (χ1) is 9.58. The predicted octanol–water partition coefficient (Wildman–Crippen LogP) is -0.00210. The summed E-state index contributed by atoms with van der Waals surface area (Å²) >= 11 is 0. The Balaban J connectivity index is 2.09. The van der Waals surface area contributed by atoms with Crippen LogP contribution in [0.1, 0.15) is 23.3 Å². The van der Waals surface area contributed by atoms with Crippen molar-refractivity contribution in [3.8, 4) is 0 Å². The molecule has 1 aliphatic rings. The molecule has 7 nitrogen and oxygen atoms in total. The predicted molar refractivity (Wildman–Crippen MR) is 74.4 cm³/mol. The second kappa shape index (κ2) is 6.81. The third-order valence-corrected chi connectivity index (χ3v) is 3.50. The summed E-state index contributed by atoms with van der Waals surface area (Å²) in [4.78, 5) is 16.6. The number of hydrogen-bond donors (Lipinski definition) is 0. The van der Waals surface area contributed by atoms with Gasteiger partial charge < -0.3 is 14.5 Å². The summed E-state index contributed by atoms with van der Waals surface area (Å²) < 4.78 is 6.94. The van der Waals surface area contributed by atoms with Gasteiger partial charge in [0.1, 0.15) is 0 Å². The number of nitrogens with zero attached hydrogens (tertiary/aromatic N) is 5. The molecule has 1 saturated heterocycles. The highest BCUT2D eigenvalue weighted by molar-refractivity contribution is 5.92. The van der Waals surface area contributed by atoms with Crippen LogP contribution in [0, 0.1) is 0 Å². The Kier molecular flexibility index (Phi) is 5.08. The van der Waals surface area contributed by atoms with E-state index in [1.165, 1.54) is 0 Å². The topological polar surface area (TPSA) is 63.5 Å². The van der Waals surface area contributed by atoms with Crippen LogP contribution in [0.2, 0.25) is 0 Å². The first-order valence-electron chi connectivity index (χ1n) is 6.97. The molecule has 1 aliphatic heterocycles. The number of ether oxygens (including phenoxy) is 1. The lowest BCUT2D eigenvalue weighted by molar-refractivity contribution is 0.0272. The van der Waals surface area contributed by atoms with Crippen molar-refractivity contribution in [2.45, 2.75) is 18.9 Å². The van der Waals surface area contributed by atoms with Gasteiger partial charge in [-0.3, -0.25) is 9.48 Å². The molecule has 112 valence electrons. The Morgan fingerprint density at radius 2 is 2.10 bits per heavy atom. The molecule has 20 heavy (non-hydrogen) atoms. The molecule has 7 heteroatoms. The van der Waals surface area contributed by atoms with Crippen LogP contribution in [-0.4, -0.2) is 77.1 Å². The van der Waals surface area contributed by atoms with Gasteiger partial charge in [-0.1, -0.05) is 5.21 Å². The Morgan fingerprint density at radius 3 is 2.65 bits per heavy atom. The summed E-state index contributed by atoms with van der Waals surface area (Å²) in [5, 5.41) is 7.78. The first-order valence-corrected chi connectivity index (χ1v) is 6.97. The highest BCUT2D eigenvalue weighted by Crippen LogP contribution is 2.16. The molecule has 1 aromatic rings. The highest BCUT2D eigenvalue weighted by Gasteiger charge is 2.27. The molecule has 0 aromatic carbocycles. The second-order valence-electron chi connectivity index (χ2n) is 5.42. The molecule has 0 atom stereocenters. The van der Waals surface area contributed by atoms with Gasteiger partial charge in [0, 0.05) is 39.4 Å². The average molecular weight is 281 g/mol. The fraction of sp³-hybridized carbons (Fsp3) is 0.769. The molecule has 0 saturated carbocycles. The molecular weight excluding hydrogens is 258 g/mol. The van der Waals surface area contributed by atoms with Gasteiger partial charge in [-0.05, 0) is 26.9 Å². The Morgan fingerprint density at radius 1 is 1.40 bits per heavy atom. The van der Waals surface area contributed by atoms with E-state index in [0.29, 0.717) is 12.2 Å². The van der Waals surface area contributed by atoms with E-state index in [1.54, 1.807) is 17.9 Å². The molecule has 0 N–H and O–H groups in total. The van der Waals surface area contributed by atoms with E-state index in [2.05, 4.69) is 15.2 Å². The summed E-state index contributed by atoms with van der Waals surface area (Å²) in [5.74, 6) is -0.0353. The summed E-state index contributed by atoms with van der Waals surface area (Å²) in [5.41, 5.74) is 0.415. The van der Waals surface area contributed by atoms with Crippen LogP contribution >= 0.6 is 0 Å². The SMILES string of the molecule is CN(C)CCN(C(=O)c1cn(C)nn1)C1CCOCC1. The van der Waals surface area contributed by atoms with Crippen LogP contribution < -0.4 is 0 Å². The maximum absolute atomic E-state index is 12.6. The van der Waals surface area contributed by atoms with Gasteiger partial charge in [0.2, 0.25) is 0 Å². The average Bonchev–Trinajstić information content (AvgIpc) is 2.86. The fourth-order valence-corrected chi connectivity index (χ4v) is 2.35. The summed E-state index contributed by atoms with van der Waals surface area (Å²) in [7, 11) is 5.78. The van der Waals surface area contributed by atoms with Crippen molar-refractivity contribution in [2.75, 3.05) is 40.4 Å². The van der Waals surface area contributed by atoms with Gasteiger partial charge in [0.25, 0.3) is 5.91 Å². The third-order valence-electron chi connectivity index (χ3n) is 3.50. The molecule has 0 bridgehead atoms.